The van der Waals surface area contributed by atoms with Gasteiger partial charge in [-0.1, -0.05) is 23.7 Å². The van der Waals surface area contributed by atoms with Gasteiger partial charge in [0.15, 0.2) is 0 Å². The molecule has 110 valence electrons. The summed E-state index contributed by atoms with van der Waals surface area (Å²) in [5.74, 6) is 6.74. The lowest BCUT2D eigenvalue weighted by atomic mass is 9.97. The molecule has 0 saturated carbocycles. The number of rotatable bonds is 4. The van der Waals surface area contributed by atoms with Crippen molar-refractivity contribution in [3.05, 3.63) is 61.7 Å². The molecule has 1 atom stereocenters. The number of fused-ring (bicyclic) bond motifs is 1. The van der Waals surface area contributed by atoms with Gasteiger partial charge in [-0.05, 0) is 70.0 Å². The molecule has 3 rings (SSSR count). The van der Waals surface area contributed by atoms with Crippen molar-refractivity contribution in [3.63, 3.8) is 0 Å². The van der Waals surface area contributed by atoms with Gasteiger partial charge in [0.25, 0.3) is 0 Å². The van der Waals surface area contributed by atoms with E-state index >= 15 is 0 Å². The van der Waals surface area contributed by atoms with Crippen LogP contribution in [0.25, 0.3) is 0 Å². The van der Waals surface area contributed by atoms with E-state index in [0.717, 1.165) is 41.3 Å². The molecule has 1 aliphatic heterocycles. The third kappa shape index (κ3) is 3.34. The summed E-state index contributed by atoms with van der Waals surface area (Å²) in [4.78, 5) is 0. The average molecular weight is 415 g/mol. The summed E-state index contributed by atoms with van der Waals surface area (Å²) in [7, 11) is 0. The molecule has 2 aromatic carbocycles. The highest BCUT2D eigenvalue weighted by Crippen LogP contribution is 2.35. The third-order valence-electron chi connectivity index (χ3n) is 3.70. The largest absolute Gasteiger partial charge is 0.493 e. The fourth-order valence-electron chi connectivity index (χ4n) is 2.71. The van der Waals surface area contributed by atoms with Crippen LogP contribution in [-0.2, 0) is 12.8 Å². The number of nitrogens with one attached hydrogen (secondary N) is 1. The Kier molecular flexibility index (Phi) is 4.69. The summed E-state index contributed by atoms with van der Waals surface area (Å²) < 4.78 is 6.95. The molecule has 1 heterocycles. The standard InChI is InChI=1S/C16H16ClIN2O/c17-13-6-11-4-5-21-16(11)12(7-13)9-15(20-19)10-2-1-3-14(18)8-10/h1-3,6-8,15,20H,4-5,9,19H2. The Morgan fingerprint density at radius 2 is 2.19 bits per heavy atom. The highest BCUT2D eigenvalue weighted by Gasteiger charge is 2.20. The fourth-order valence-corrected chi connectivity index (χ4v) is 3.54. The van der Waals surface area contributed by atoms with Crippen molar-refractivity contribution in [2.45, 2.75) is 18.9 Å². The molecule has 1 unspecified atom stereocenters. The van der Waals surface area contributed by atoms with Crippen molar-refractivity contribution in [2.24, 2.45) is 5.84 Å². The molecular formula is C16H16ClIN2O. The Balaban J connectivity index is 1.91. The first-order valence-corrected chi connectivity index (χ1v) is 8.28. The highest BCUT2D eigenvalue weighted by atomic mass is 127. The quantitative estimate of drug-likeness (QED) is 0.456. The van der Waals surface area contributed by atoms with E-state index in [1.54, 1.807) is 0 Å². The van der Waals surface area contributed by atoms with Crippen molar-refractivity contribution in [3.8, 4) is 5.75 Å². The van der Waals surface area contributed by atoms with Gasteiger partial charge >= 0.3 is 0 Å². The number of hydrogen-bond donors (Lipinski definition) is 2. The molecule has 0 fully saturated rings. The Bertz CT molecular complexity index is 663. The van der Waals surface area contributed by atoms with Gasteiger partial charge in [0.2, 0.25) is 0 Å². The lowest BCUT2D eigenvalue weighted by Crippen LogP contribution is -2.29. The van der Waals surface area contributed by atoms with Crippen LogP contribution < -0.4 is 16.0 Å². The minimum atomic E-state index is 0.0338. The first kappa shape index (κ1) is 15.1. The lowest BCUT2D eigenvalue weighted by molar-refractivity contribution is 0.351. The van der Waals surface area contributed by atoms with E-state index < -0.39 is 0 Å². The number of hydrogen-bond acceptors (Lipinski definition) is 3. The Labute approximate surface area is 142 Å². The lowest BCUT2D eigenvalue weighted by Gasteiger charge is -2.18. The molecule has 0 amide bonds. The van der Waals surface area contributed by atoms with Crippen LogP contribution in [0.4, 0.5) is 0 Å². The number of halogens is 2. The van der Waals surface area contributed by atoms with E-state index in [1.165, 1.54) is 9.13 Å². The number of hydrazine groups is 1. The Hall–Kier alpha value is -0.820. The van der Waals surface area contributed by atoms with Crippen molar-refractivity contribution in [1.82, 2.24) is 5.43 Å². The Morgan fingerprint density at radius 3 is 2.95 bits per heavy atom. The van der Waals surface area contributed by atoms with Gasteiger partial charge < -0.3 is 4.74 Å². The third-order valence-corrected chi connectivity index (χ3v) is 4.59. The fraction of sp³-hybridized carbons (Fsp3) is 0.250. The smallest absolute Gasteiger partial charge is 0.125 e. The van der Waals surface area contributed by atoms with Crippen molar-refractivity contribution in [2.75, 3.05) is 6.61 Å². The first-order chi connectivity index (χ1) is 10.2. The zero-order chi connectivity index (χ0) is 14.8. The molecule has 0 bridgehead atoms. The van der Waals surface area contributed by atoms with Crippen LogP contribution in [-0.4, -0.2) is 6.61 Å². The highest BCUT2D eigenvalue weighted by molar-refractivity contribution is 14.1. The SMILES string of the molecule is NNC(Cc1cc(Cl)cc2c1OCC2)c1cccc(I)c1. The van der Waals surface area contributed by atoms with Crippen molar-refractivity contribution < 1.29 is 4.74 Å². The molecule has 2 aromatic rings. The van der Waals surface area contributed by atoms with Gasteiger partial charge in [-0.25, -0.2) is 0 Å². The van der Waals surface area contributed by atoms with Crippen molar-refractivity contribution in [1.29, 1.82) is 0 Å². The molecule has 1 aliphatic rings. The minimum Gasteiger partial charge on any atom is -0.493 e. The summed E-state index contributed by atoms with van der Waals surface area (Å²) in [6, 6.07) is 12.3. The number of benzene rings is 2. The maximum Gasteiger partial charge on any atom is 0.125 e. The van der Waals surface area contributed by atoms with Crippen LogP contribution in [0.15, 0.2) is 36.4 Å². The van der Waals surface area contributed by atoms with E-state index in [-0.39, 0.29) is 6.04 Å². The van der Waals surface area contributed by atoms with Gasteiger partial charge in [0, 0.05) is 15.0 Å². The maximum absolute atomic E-state index is 6.22. The van der Waals surface area contributed by atoms with Crippen LogP contribution in [0.1, 0.15) is 22.7 Å². The summed E-state index contributed by atoms with van der Waals surface area (Å²) in [5, 5.41) is 0.757. The van der Waals surface area contributed by atoms with Gasteiger partial charge in [0.1, 0.15) is 5.75 Å². The van der Waals surface area contributed by atoms with Crippen LogP contribution in [0.3, 0.4) is 0 Å². The van der Waals surface area contributed by atoms with Crippen LogP contribution >= 0.6 is 34.2 Å². The predicted molar refractivity (Wildman–Crippen MR) is 93.6 cm³/mol. The molecule has 0 saturated heterocycles. The predicted octanol–water partition coefficient (Wildman–Crippen LogP) is 3.63. The van der Waals surface area contributed by atoms with E-state index in [2.05, 4.69) is 46.2 Å². The average Bonchev–Trinajstić information content (AvgIpc) is 2.92. The maximum atomic E-state index is 6.22. The van der Waals surface area contributed by atoms with Crippen LogP contribution in [0.5, 0.6) is 5.75 Å². The van der Waals surface area contributed by atoms with Gasteiger partial charge in [-0.3, -0.25) is 11.3 Å². The molecule has 3 N–H and O–H groups in total. The summed E-state index contributed by atoms with van der Waals surface area (Å²) in [6.45, 7) is 0.729. The summed E-state index contributed by atoms with van der Waals surface area (Å²) in [5.41, 5.74) is 6.36. The molecule has 21 heavy (non-hydrogen) atoms. The van der Waals surface area contributed by atoms with E-state index in [1.807, 2.05) is 18.2 Å². The zero-order valence-corrected chi connectivity index (χ0v) is 14.3. The molecule has 5 heteroatoms. The van der Waals surface area contributed by atoms with Gasteiger partial charge in [-0.15, -0.1) is 0 Å². The monoisotopic (exact) mass is 414 g/mol. The first-order valence-electron chi connectivity index (χ1n) is 6.83. The van der Waals surface area contributed by atoms with Crippen LogP contribution in [0.2, 0.25) is 5.02 Å². The summed E-state index contributed by atoms with van der Waals surface area (Å²) >= 11 is 8.52. The number of nitrogens with two attached hydrogens (primary N) is 1. The van der Waals surface area contributed by atoms with Crippen LogP contribution in [0, 0.1) is 3.57 Å². The van der Waals surface area contributed by atoms with E-state index in [0.29, 0.717) is 0 Å². The molecule has 0 spiro atoms. The summed E-state index contributed by atoms with van der Waals surface area (Å²) in [6.07, 6.45) is 1.67. The van der Waals surface area contributed by atoms with E-state index in [4.69, 9.17) is 22.2 Å². The molecule has 0 aromatic heterocycles. The minimum absolute atomic E-state index is 0.0338. The van der Waals surface area contributed by atoms with Gasteiger partial charge in [0.05, 0.1) is 12.6 Å². The van der Waals surface area contributed by atoms with Gasteiger partial charge in [-0.2, -0.15) is 0 Å². The second kappa shape index (κ2) is 6.52. The molecule has 0 aliphatic carbocycles. The van der Waals surface area contributed by atoms with Crippen molar-refractivity contribution >= 4 is 34.2 Å². The second-order valence-corrected chi connectivity index (χ2v) is 6.81. The Morgan fingerprint density at radius 1 is 1.33 bits per heavy atom. The topological polar surface area (TPSA) is 47.3 Å². The zero-order valence-electron chi connectivity index (χ0n) is 11.4. The van der Waals surface area contributed by atoms with E-state index in [9.17, 15) is 0 Å². The second-order valence-electron chi connectivity index (χ2n) is 5.13. The normalized spacial score (nSPS) is 14.6. The molecule has 3 nitrogen and oxygen atoms in total. The number of ether oxygens (including phenoxy) is 1. The molecular weight excluding hydrogens is 399 g/mol. The molecule has 0 radical (unpaired) electrons.